The Morgan fingerprint density at radius 2 is 1.52 bits per heavy atom. The van der Waals surface area contributed by atoms with Crippen LogP contribution in [0.4, 0.5) is 11.4 Å². The molecule has 6 heteroatoms. The Bertz CT molecular complexity index is 1230. The molecule has 1 N–H and O–H groups in total. The van der Waals surface area contributed by atoms with Gasteiger partial charge in [-0.2, -0.15) is 0 Å². The number of rotatable bonds is 7. The van der Waals surface area contributed by atoms with Crippen molar-refractivity contribution in [3.05, 3.63) is 89.1 Å². The van der Waals surface area contributed by atoms with Gasteiger partial charge in [-0.25, -0.2) is 4.90 Å². The van der Waals surface area contributed by atoms with E-state index in [1.165, 1.54) is 4.90 Å². The van der Waals surface area contributed by atoms with Crippen molar-refractivity contribution in [2.24, 2.45) is 0 Å². The lowest BCUT2D eigenvalue weighted by Crippen LogP contribution is -2.33. The van der Waals surface area contributed by atoms with Crippen molar-refractivity contribution in [2.75, 3.05) is 23.9 Å². The van der Waals surface area contributed by atoms with Crippen LogP contribution in [0.1, 0.15) is 23.6 Å². The molecule has 0 spiro atoms. The highest BCUT2D eigenvalue weighted by atomic mass is 16.5. The van der Waals surface area contributed by atoms with Crippen LogP contribution in [0.2, 0.25) is 0 Å². The van der Waals surface area contributed by atoms with Gasteiger partial charge in [-0.1, -0.05) is 24.3 Å². The summed E-state index contributed by atoms with van der Waals surface area (Å²) in [6.45, 7) is 6.36. The number of methoxy groups -OCH3 is 1. The second-order valence-electron chi connectivity index (χ2n) is 7.73. The SMILES string of the molecule is CCOc1ccc(NC2=C(c3ccc(OC)cc3)C(=O)N(c3cccc(C)c3C)C2=O)cc1. The van der Waals surface area contributed by atoms with E-state index in [-0.39, 0.29) is 11.6 Å². The van der Waals surface area contributed by atoms with Gasteiger partial charge in [0.2, 0.25) is 0 Å². The van der Waals surface area contributed by atoms with E-state index in [0.29, 0.717) is 34.9 Å². The number of nitrogens with one attached hydrogen (secondary N) is 1. The Balaban J connectivity index is 1.79. The third kappa shape index (κ3) is 4.20. The molecule has 0 fully saturated rings. The van der Waals surface area contributed by atoms with Gasteiger partial charge >= 0.3 is 0 Å². The van der Waals surface area contributed by atoms with Crippen molar-refractivity contribution in [2.45, 2.75) is 20.8 Å². The van der Waals surface area contributed by atoms with E-state index in [2.05, 4.69) is 5.32 Å². The molecular weight excluding hydrogens is 416 g/mol. The first kappa shape index (κ1) is 22.1. The molecule has 4 rings (SSSR count). The van der Waals surface area contributed by atoms with Crippen LogP contribution < -0.4 is 19.7 Å². The Kier molecular flexibility index (Phi) is 6.18. The van der Waals surface area contributed by atoms with Crippen LogP contribution >= 0.6 is 0 Å². The number of imide groups is 1. The van der Waals surface area contributed by atoms with Gasteiger partial charge in [-0.05, 0) is 79.9 Å². The van der Waals surface area contributed by atoms with Crippen LogP contribution in [0.5, 0.6) is 11.5 Å². The zero-order valence-corrected chi connectivity index (χ0v) is 19.1. The lowest BCUT2D eigenvalue weighted by Gasteiger charge is -2.19. The highest BCUT2D eigenvalue weighted by Gasteiger charge is 2.41. The quantitative estimate of drug-likeness (QED) is 0.515. The molecule has 0 bridgehead atoms. The first-order valence-corrected chi connectivity index (χ1v) is 10.8. The summed E-state index contributed by atoms with van der Waals surface area (Å²) in [5, 5.41) is 3.18. The number of ether oxygens (including phenoxy) is 2. The van der Waals surface area contributed by atoms with Crippen molar-refractivity contribution >= 4 is 28.8 Å². The molecular formula is C27H26N2O4. The highest BCUT2D eigenvalue weighted by molar-refractivity contribution is 6.46. The van der Waals surface area contributed by atoms with E-state index < -0.39 is 5.91 Å². The molecule has 6 nitrogen and oxygen atoms in total. The molecule has 0 saturated carbocycles. The Morgan fingerprint density at radius 3 is 2.15 bits per heavy atom. The Hall–Kier alpha value is -4.06. The topological polar surface area (TPSA) is 67.9 Å². The summed E-state index contributed by atoms with van der Waals surface area (Å²) in [6.07, 6.45) is 0. The van der Waals surface area contributed by atoms with E-state index >= 15 is 0 Å². The van der Waals surface area contributed by atoms with Crippen LogP contribution in [0.25, 0.3) is 5.57 Å². The molecule has 0 aliphatic carbocycles. The van der Waals surface area contributed by atoms with Gasteiger partial charge in [0.1, 0.15) is 17.2 Å². The van der Waals surface area contributed by atoms with Gasteiger partial charge < -0.3 is 14.8 Å². The fourth-order valence-corrected chi connectivity index (χ4v) is 3.81. The molecule has 2 amide bonds. The summed E-state index contributed by atoms with van der Waals surface area (Å²) in [5.74, 6) is 0.641. The van der Waals surface area contributed by atoms with E-state index in [9.17, 15) is 9.59 Å². The van der Waals surface area contributed by atoms with E-state index in [0.717, 1.165) is 16.9 Å². The number of hydrogen-bond donors (Lipinski definition) is 1. The minimum absolute atomic E-state index is 0.232. The fraction of sp³-hybridized carbons (Fsp3) is 0.185. The minimum Gasteiger partial charge on any atom is -0.497 e. The average Bonchev–Trinajstić information content (AvgIpc) is 3.06. The van der Waals surface area contributed by atoms with Gasteiger partial charge in [0, 0.05) is 5.69 Å². The zero-order valence-electron chi connectivity index (χ0n) is 19.1. The highest BCUT2D eigenvalue weighted by Crippen LogP contribution is 2.36. The Morgan fingerprint density at radius 1 is 0.848 bits per heavy atom. The normalized spacial score (nSPS) is 13.5. The molecule has 0 aromatic heterocycles. The lowest BCUT2D eigenvalue weighted by atomic mass is 10.0. The van der Waals surface area contributed by atoms with Gasteiger partial charge in [0.25, 0.3) is 11.8 Å². The molecule has 3 aromatic carbocycles. The largest absolute Gasteiger partial charge is 0.497 e. The molecule has 0 radical (unpaired) electrons. The first-order valence-electron chi connectivity index (χ1n) is 10.8. The Labute approximate surface area is 193 Å². The summed E-state index contributed by atoms with van der Waals surface area (Å²) in [6, 6.07) is 20.0. The van der Waals surface area contributed by atoms with E-state index in [4.69, 9.17) is 9.47 Å². The molecule has 168 valence electrons. The lowest BCUT2D eigenvalue weighted by molar-refractivity contribution is -0.120. The number of anilines is 2. The average molecular weight is 443 g/mol. The fourth-order valence-electron chi connectivity index (χ4n) is 3.81. The summed E-state index contributed by atoms with van der Waals surface area (Å²) >= 11 is 0. The third-order valence-corrected chi connectivity index (χ3v) is 5.71. The van der Waals surface area contributed by atoms with Crippen molar-refractivity contribution in [1.29, 1.82) is 0 Å². The third-order valence-electron chi connectivity index (χ3n) is 5.71. The van der Waals surface area contributed by atoms with Crippen molar-refractivity contribution in [1.82, 2.24) is 0 Å². The molecule has 1 heterocycles. The maximum absolute atomic E-state index is 13.6. The maximum atomic E-state index is 13.6. The van der Waals surface area contributed by atoms with Crippen LogP contribution in [0, 0.1) is 13.8 Å². The predicted octanol–water partition coefficient (Wildman–Crippen LogP) is 5.11. The van der Waals surface area contributed by atoms with E-state index in [1.807, 2.05) is 57.2 Å². The van der Waals surface area contributed by atoms with Crippen LogP contribution in [-0.2, 0) is 9.59 Å². The molecule has 33 heavy (non-hydrogen) atoms. The molecule has 3 aromatic rings. The zero-order chi connectivity index (χ0) is 23.5. The predicted molar refractivity (Wildman–Crippen MR) is 130 cm³/mol. The van der Waals surface area contributed by atoms with Crippen molar-refractivity contribution in [3.8, 4) is 11.5 Å². The van der Waals surface area contributed by atoms with Crippen molar-refractivity contribution in [3.63, 3.8) is 0 Å². The van der Waals surface area contributed by atoms with Crippen LogP contribution in [0.15, 0.2) is 72.4 Å². The number of hydrogen-bond acceptors (Lipinski definition) is 5. The smallest absolute Gasteiger partial charge is 0.282 e. The molecule has 0 saturated heterocycles. The number of amides is 2. The maximum Gasteiger partial charge on any atom is 0.282 e. The molecule has 1 aliphatic rings. The van der Waals surface area contributed by atoms with Crippen LogP contribution in [0.3, 0.4) is 0 Å². The summed E-state index contributed by atoms with van der Waals surface area (Å²) < 4.78 is 10.7. The van der Waals surface area contributed by atoms with Gasteiger partial charge in [-0.3, -0.25) is 9.59 Å². The van der Waals surface area contributed by atoms with Crippen LogP contribution in [-0.4, -0.2) is 25.5 Å². The molecule has 0 unspecified atom stereocenters. The second kappa shape index (κ2) is 9.20. The number of carbonyl (C=O) groups excluding carboxylic acids is 2. The molecule has 1 aliphatic heterocycles. The summed E-state index contributed by atoms with van der Waals surface area (Å²) in [7, 11) is 1.58. The molecule has 0 atom stereocenters. The minimum atomic E-state index is -0.395. The summed E-state index contributed by atoms with van der Waals surface area (Å²) in [5.41, 5.74) is 4.34. The second-order valence-corrected chi connectivity index (χ2v) is 7.73. The van der Waals surface area contributed by atoms with Gasteiger partial charge in [0.05, 0.1) is 25.0 Å². The van der Waals surface area contributed by atoms with Gasteiger partial charge in [-0.15, -0.1) is 0 Å². The van der Waals surface area contributed by atoms with Crippen molar-refractivity contribution < 1.29 is 19.1 Å². The number of nitrogens with zero attached hydrogens (tertiary/aromatic N) is 1. The van der Waals surface area contributed by atoms with E-state index in [1.54, 1.807) is 37.4 Å². The summed E-state index contributed by atoms with van der Waals surface area (Å²) in [4.78, 5) is 28.5. The van der Waals surface area contributed by atoms with Gasteiger partial charge in [0.15, 0.2) is 0 Å². The number of aryl methyl sites for hydroxylation is 1. The monoisotopic (exact) mass is 442 g/mol. The standard InChI is InChI=1S/C27H26N2O4/c1-5-33-22-15-11-20(12-16-22)28-25-24(19-9-13-21(32-4)14-10-19)26(30)29(27(25)31)23-8-6-7-17(2)18(23)3/h6-16,28H,5H2,1-4H3. The first-order chi connectivity index (χ1) is 15.9. The number of benzene rings is 3. The number of carbonyl (C=O) groups is 2.